The topological polar surface area (TPSA) is 69.6 Å². The monoisotopic (exact) mass is 312 g/mol. The number of urea groups is 1. The molecule has 1 aromatic rings. The molecule has 1 aliphatic heterocycles. The van der Waals surface area contributed by atoms with Gasteiger partial charge in [0.1, 0.15) is 11.6 Å². The molecule has 7 heteroatoms. The minimum Gasteiger partial charge on any atom is -0.481 e. The van der Waals surface area contributed by atoms with E-state index in [-0.39, 0.29) is 19.1 Å². The molecule has 1 saturated heterocycles. The molecule has 0 spiro atoms. The van der Waals surface area contributed by atoms with Crippen LogP contribution in [0.1, 0.15) is 18.4 Å². The van der Waals surface area contributed by atoms with E-state index in [2.05, 4.69) is 5.32 Å². The van der Waals surface area contributed by atoms with Gasteiger partial charge in [-0.2, -0.15) is 0 Å². The largest absolute Gasteiger partial charge is 0.481 e. The maximum atomic E-state index is 13.0. The van der Waals surface area contributed by atoms with E-state index in [1.54, 1.807) is 0 Å². The first kappa shape index (κ1) is 16.2. The molecule has 22 heavy (non-hydrogen) atoms. The van der Waals surface area contributed by atoms with Crippen LogP contribution in [0.3, 0.4) is 0 Å². The summed E-state index contributed by atoms with van der Waals surface area (Å²) in [5, 5.41) is 11.6. The molecule has 1 unspecified atom stereocenters. The number of benzene rings is 1. The van der Waals surface area contributed by atoms with Crippen LogP contribution in [-0.2, 0) is 11.2 Å². The molecule has 120 valence electrons. The molecule has 1 heterocycles. The van der Waals surface area contributed by atoms with Gasteiger partial charge in [0.15, 0.2) is 0 Å². The van der Waals surface area contributed by atoms with Crippen LogP contribution in [0, 0.1) is 17.6 Å². The molecule has 0 aromatic heterocycles. The summed E-state index contributed by atoms with van der Waals surface area (Å²) in [5.41, 5.74) is 0.458. The molecule has 1 aliphatic rings. The van der Waals surface area contributed by atoms with Crippen LogP contribution in [0.25, 0.3) is 0 Å². The number of halogens is 2. The summed E-state index contributed by atoms with van der Waals surface area (Å²) < 4.78 is 26.1. The highest BCUT2D eigenvalue weighted by atomic mass is 19.1. The number of likely N-dealkylation sites (tertiary alicyclic amines) is 1. The number of hydrogen-bond acceptors (Lipinski definition) is 2. The number of carbonyl (C=O) groups excluding carboxylic acids is 1. The fourth-order valence-electron chi connectivity index (χ4n) is 2.54. The number of hydrogen-bond donors (Lipinski definition) is 2. The Labute approximate surface area is 126 Å². The van der Waals surface area contributed by atoms with Crippen molar-refractivity contribution in [1.82, 2.24) is 10.2 Å². The second-order valence-electron chi connectivity index (χ2n) is 5.38. The standard InChI is InChI=1S/C15H18F2N2O3/c16-12-6-10(7-13(17)8-12)3-4-18-15(22)19-5-1-2-11(9-19)14(20)21/h6-8,11H,1-5,9H2,(H,18,22)(H,20,21). The number of nitrogens with zero attached hydrogens (tertiary/aromatic N) is 1. The van der Waals surface area contributed by atoms with Crippen molar-refractivity contribution in [3.05, 3.63) is 35.4 Å². The smallest absolute Gasteiger partial charge is 0.317 e. The zero-order valence-electron chi connectivity index (χ0n) is 12.0. The lowest BCUT2D eigenvalue weighted by molar-refractivity contribution is -0.143. The van der Waals surface area contributed by atoms with E-state index >= 15 is 0 Å². The van der Waals surface area contributed by atoms with Crippen molar-refractivity contribution >= 4 is 12.0 Å². The summed E-state index contributed by atoms with van der Waals surface area (Å²) in [6.45, 7) is 0.940. The van der Waals surface area contributed by atoms with Gasteiger partial charge in [-0.25, -0.2) is 13.6 Å². The number of carboxylic acids is 1. The van der Waals surface area contributed by atoms with Gasteiger partial charge in [-0.05, 0) is 37.0 Å². The third-order valence-corrected chi connectivity index (χ3v) is 3.67. The van der Waals surface area contributed by atoms with Crippen LogP contribution in [0.5, 0.6) is 0 Å². The van der Waals surface area contributed by atoms with Gasteiger partial charge in [0.05, 0.1) is 5.92 Å². The minimum absolute atomic E-state index is 0.190. The molecule has 5 nitrogen and oxygen atoms in total. The molecule has 0 saturated carbocycles. The van der Waals surface area contributed by atoms with Gasteiger partial charge in [0, 0.05) is 25.7 Å². The van der Waals surface area contributed by atoms with Crippen LogP contribution in [0.15, 0.2) is 18.2 Å². The van der Waals surface area contributed by atoms with Crippen LogP contribution in [0.2, 0.25) is 0 Å². The highest BCUT2D eigenvalue weighted by Crippen LogP contribution is 2.16. The Hall–Kier alpha value is -2.18. The summed E-state index contributed by atoms with van der Waals surface area (Å²) in [4.78, 5) is 24.4. The highest BCUT2D eigenvalue weighted by Gasteiger charge is 2.27. The quantitative estimate of drug-likeness (QED) is 0.893. The number of carbonyl (C=O) groups is 2. The Kier molecular flexibility index (Phi) is 5.30. The minimum atomic E-state index is -0.896. The molecule has 2 rings (SSSR count). The lowest BCUT2D eigenvalue weighted by Gasteiger charge is -2.30. The SMILES string of the molecule is O=C(O)C1CCCN(C(=O)NCCc2cc(F)cc(F)c2)C1. The first-order valence-corrected chi connectivity index (χ1v) is 7.16. The third-order valence-electron chi connectivity index (χ3n) is 3.67. The first-order chi connectivity index (χ1) is 10.5. The summed E-state index contributed by atoms with van der Waals surface area (Å²) >= 11 is 0. The zero-order valence-corrected chi connectivity index (χ0v) is 12.0. The molecule has 0 bridgehead atoms. The Morgan fingerprint density at radius 1 is 1.27 bits per heavy atom. The van der Waals surface area contributed by atoms with Gasteiger partial charge in [-0.1, -0.05) is 0 Å². The van der Waals surface area contributed by atoms with Gasteiger partial charge >= 0.3 is 12.0 Å². The molecule has 2 amide bonds. The average Bonchev–Trinajstić information content (AvgIpc) is 2.46. The van der Waals surface area contributed by atoms with Crippen molar-refractivity contribution in [3.63, 3.8) is 0 Å². The lowest BCUT2D eigenvalue weighted by Crippen LogP contribution is -2.47. The van der Waals surface area contributed by atoms with Crippen molar-refractivity contribution in [1.29, 1.82) is 0 Å². The Morgan fingerprint density at radius 2 is 1.95 bits per heavy atom. The predicted octanol–water partition coefficient (Wildman–Crippen LogP) is 2.01. The molecule has 2 N–H and O–H groups in total. The fourth-order valence-corrected chi connectivity index (χ4v) is 2.54. The van der Waals surface area contributed by atoms with Gasteiger partial charge in [0.25, 0.3) is 0 Å². The van der Waals surface area contributed by atoms with Gasteiger partial charge < -0.3 is 15.3 Å². The summed E-state index contributed by atoms with van der Waals surface area (Å²) in [7, 11) is 0. The summed E-state index contributed by atoms with van der Waals surface area (Å²) in [6, 6.07) is 2.89. The van der Waals surface area contributed by atoms with Gasteiger partial charge in [-0.3, -0.25) is 4.79 Å². The van der Waals surface area contributed by atoms with Crippen molar-refractivity contribution in [2.24, 2.45) is 5.92 Å². The Morgan fingerprint density at radius 3 is 2.59 bits per heavy atom. The molecular weight excluding hydrogens is 294 g/mol. The van der Waals surface area contributed by atoms with Crippen molar-refractivity contribution in [2.75, 3.05) is 19.6 Å². The normalized spacial score (nSPS) is 18.1. The molecule has 1 aromatic carbocycles. The third kappa shape index (κ3) is 4.41. The van der Waals surface area contributed by atoms with Crippen LogP contribution >= 0.6 is 0 Å². The number of nitrogens with one attached hydrogen (secondary N) is 1. The second-order valence-corrected chi connectivity index (χ2v) is 5.38. The van der Waals surface area contributed by atoms with E-state index in [0.29, 0.717) is 31.4 Å². The average molecular weight is 312 g/mol. The molecule has 1 atom stereocenters. The highest BCUT2D eigenvalue weighted by molar-refractivity contribution is 5.76. The lowest BCUT2D eigenvalue weighted by atomic mass is 9.99. The first-order valence-electron chi connectivity index (χ1n) is 7.16. The summed E-state index contributed by atoms with van der Waals surface area (Å²) in [6.07, 6.45) is 1.53. The Bertz CT molecular complexity index is 545. The van der Waals surface area contributed by atoms with Crippen molar-refractivity contribution in [2.45, 2.75) is 19.3 Å². The van der Waals surface area contributed by atoms with E-state index in [4.69, 9.17) is 5.11 Å². The van der Waals surface area contributed by atoms with E-state index in [0.717, 1.165) is 6.07 Å². The number of aliphatic carboxylic acids is 1. The maximum Gasteiger partial charge on any atom is 0.317 e. The van der Waals surface area contributed by atoms with Crippen LogP contribution in [0.4, 0.5) is 13.6 Å². The van der Waals surface area contributed by atoms with Crippen LogP contribution < -0.4 is 5.32 Å². The Balaban J connectivity index is 1.81. The van der Waals surface area contributed by atoms with E-state index in [1.807, 2.05) is 0 Å². The van der Waals surface area contributed by atoms with E-state index < -0.39 is 23.5 Å². The zero-order chi connectivity index (χ0) is 16.1. The fraction of sp³-hybridized carbons (Fsp3) is 0.467. The van der Waals surface area contributed by atoms with E-state index in [9.17, 15) is 18.4 Å². The molecule has 0 radical (unpaired) electrons. The number of carboxylic acid groups (broad SMARTS) is 1. The van der Waals surface area contributed by atoms with E-state index in [1.165, 1.54) is 17.0 Å². The molecular formula is C15H18F2N2O3. The van der Waals surface area contributed by atoms with Gasteiger partial charge in [0.2, 0.25) is 0 Å². The number of piperidine rings is 1. The predicted molar refractivity (Wildman–Crippen MR) is 75.4 cm³/mol. The second kappa shape index (κ2) is 7.20. The van der Waals surface area contributed by atoms with Crippen molar-refractivity contribution in [3.8, 4) is 0 Å². The maximum absolute atomic E-state index is 13.0. The summed E-state index contributed by atoms with van der Waals surface area (Å²) in [5.74, 6) is -2.73. The molecule has 1 fully saturated rings. The van der Waals surface area contributed by atoms with Crippen molar-refractivity contribution < 1.29 is 23.5 Å². The number of rotatable bonds is 4. The van der Waals surface area contributed by atoms with Crippen LogP contribution in [-0.4, -0.2) is 41.6 Å². The van der Waals surface area contributed by atoms with Gasteiger partial charge in [-0.15, -0.1) is 0 Å². The molecule has 0 aliphatic carbocycles. The number of amides is 2.